The van der Waals surface area contributed by atoms with Crippen LogP contribution < -0.4 is 5.32 Å². The zero-order valence-electron chi connectivity index (χ0n) is 16.1. The molecule has 1 atom stereocenters. The second-order valence-electron chi connectivity index (χ2n) is 7.39. The van der Waals surface area contributed by atoms with Crippen molar-refractivity contribution in [1.29, 1.82) is 0 Å². The van der Waals surface area contributed by atoms with Crippen LogP contribution in [0.4, 0.5) is 32.0 Å². The van der Waals surface area contributed by atoms with E-state index in [2.05, 4.69) is 5.32 Å². The maximum absolute atomic E-state index is 13.2. The van der Waals surface area contributed by atoms with Crippen LogP contribution in [-0.2, 0) is 12.4 Å². The minimum Gasteiger partial charge on any atom is -0.458 e. The molecular weight excluding hydrogens is 434 g/mol. The number of anilines is 1. The zero-order valence-corrected chi connectivity index (χ0v) is 16.1. The molecule has 0 saturated carbocycles. The summed E-state index contributed by atoms with van der Waals surface area (Å²) in [6, 6.07) is 15.1. The van der Waals surface area contributed by atoms with E-state index in [1.807, 2.05) is 47.2 Å². The average molecular weight is 448 g/mol. The molecule has 0 bridgehead atoms. The third kappa shape index (κ3) is 3.43. The molecule has 1 N–H and O–H groups in total. The van der Waals surface area contributed by atoms with E-state index in [0.717, 1.165) is 17.1 Å². The highest BCUT2D eigenvalue weighted by Crippen LogP contribution is 2.41. The van der Waals surface area contributed by atoms with E-state index in [0.29, 0.717) is 17.9 Å². The van der Waals surface area contributed by atoms with Crippen molar-refractivity contribution in [3.63, 3.8) is 0 Å². The summed E-state index contributed by atoms with van der Waals surface area (Å²) in [7, 11) is 0. The number of aromatic nitrogens is 1. The summed E-state index contributed by atoms with van der Waals surface area (Å²) in [6.07, 6.45) is -7.99. The van der Waals surface area contributed by atoms with Gasteiger partial charge in [-0.15, -0.1) is 0 Å². The average Bonchev–Trinajstić information content (AvgIpc) is 3.42. The molecule has 0 radical (unpaired) electrons. The lowest BCUT2D eigenvalue weighted by Crippen LogP contribution is -2.21. The first-order valence-electron chi connectivity index (χ1n) is 9.54. The molecule has 4 aromatic rings. The molecular formula is C23H14F6N2O. The lowest BCUT2D eigenvalue weighted by Gasteiger charge is -2.28. The van der Waals surface area contributed by atoms with Crippen molar-refractivity contribution in [2.24, 2.45) is 0 Å². The Morgan fingerprint density at radius 1 is 0.781 bits per heavy atom. The van der Waals surface area contributed by atoms with E-state index in [-0.39, 0.29) is 17.4 Å². The van der Waals surface area contributed by atoms with E-state index >= 15 is 0 Å². The van der Waals surface area contributed by atoms with Crippen LogP contribution in [-0.4, -0.2) is 4.57 Å². The molecule has 9 heteroatoms. The molecule has 3 heterocycles. The van der Waals surface area contributed by atoms with Gasteiger partial charge in [-0.1, -0.05) is 12.1 Å². The van der Waals surface area contributed by atoms with Gasteiger partial charge in [0.15, 0.2) is 0 Å². The quantitative estimate of drug-likeness (QED) is 0.327. The predicted molar refractivity (Wildman–Crippen MR) is 105 cm³/mol. The minimum atomic E-state index is -4.93. The molecule has 0 fully saturated rings. The highest BCUT2D eigenvalue weighted by Gasteiger charge is 2.37. The van der Waals surface area contributed by atoms with Gasteiger partial charge in [0.05, 0.1) is 28.2 Å². The number of rotatable bonds is 2. The van der Waals surface area contributed by atoms with Gasteiger partial charge >= 0.3 is 12.4 Å². The first-order valence-corrected chi connectivity index (χ1v) is 9.54. The maximum atomic E-state index is 13.2. The van der Waals surface area contributed by atoms with E-state index in [4.69, 9.17) is 4.42 Å². The Bertz CT molecular complexity index is 1270. The van der Waals surface area contributed by atoms with Crippen LogP contribution in [0.15, 0.2) is 77.3 Å². The molecule has 32 heavy (non-hydrogen) atoms. The summed E-state index contributed by atoms with van der Waals surface area (Å²) in [4.78, 5) is 0. The molecule has 0 aliphatic carbocycles. The smallest absolute Gasteiger partial charge is 0.416 e. The Balaban J connectivity index is 1.57. The molecule has 1 unspecified atom stereocenters. The van der Waals surface area contributed by atoms with Crippen LogP contribution in [0, 0.1) is 0 Å². The topological polar surface area (TPSA) is 30.1 Å². The first kappa shape index (κ1) is 20.3. The summed E-state index contributed by atoms with van der Waals surface area (Å²) in [5.74, 6) is 0.274. The normalized spacial score (nSPS) is 15.8. The number of furan rings is 1. The lowest BCUT2D eigenvalue weighted by atomic mass is 10.0. The second kappa shape index (κ2) is 6.94. The summed E-state index contributed by atoms with van der Waals surface area (Å²) in [6.45, 7) is 0. The summed E-state index contributed by atoms with van der Waals surface area (Å²) in [5, 5.41) is 3.32. The Morgan fingerprint density at radius 3 is 2.16 bits per heavy atom. The lowest BCUT2D eigenvalue weighted by molar-refractivity contribution is -0.143. The van der Waals surface area contributed by atoms with Gasteiger partial charge in [-0.25, -0.2) is 0 Å². The van der Waals surface area contributed by atoms with Gasteiger partial charge in [0.2, 0.25) is 0 Å². The van der Waals surface area contributed by atoms with Crippen LogP contribution in [0.1, 0.15) is 28.6 Å². The van der Waals surface area contributed by atoms with Gasteiger partial charge in [0.1, 0.15) is 17.6 Å². The van der Waals surface area contributed by atoms with Gasteiger partial charge in [-0.3, -0.25) is 0 Å². The van der Waals surface area contributed by atoms with E-state index in [1.165, 1.54) is 6.07 Å². The highest BCUT2D eigenvalue weighted by molar-refractivity contribution is 5.67. The molecule has 2 aromatic heterocycles. The molecule has 1 aliphatic heterocycles. The Labute approximate surface area is 177 Å². The molecule has 164 valence electrons. The number of alkyl halides is 6. The second-order valence-corrected chi connectivity index (χ2v) is 7.39. The third-order valence-corrected chi connectivity index (χ3v) is 5.32. The van der Waals surface area contributed by atoms with Crippen LogP contribution in [0.3, 0.4) is 0 Å². The van der Waals surface area contributed by atoms with Crippen molar-refractivity contribution < 1.29 is 30.8 Å². The van der Waals surface area contributed by atoms with Gasteiger partial charge < -0.3 is 14.3 Å². The van der Waals surface area contributed by atoms with Crippen molar-refractivity contribution in [2.45, 2.75) is 18.4 Å². The van der Waals surface area contributed by atoms with Crippen molar-refractivity contribution >= 4 is 5.69 Å². The molecule has 5 rings (SSSR count). The van der Waals surface area contributed by atoms with E-state index in [1.54, 1.807) is 6.07 Å². The zero-order chi connectivity index (χ0) is 22.7. The monoisotopic (exact) mass is 448 g/mol. The molecule has 1 aliphatic rings. The van der Waals surface area contributed by atoms with Crippen molar-refractivity contribution in [1.82, 2.24) is 4.57 Å². The predicted octanol–water partition coefficient (Wildman–Crippen LogP) is 7.29. The van der Waals surface area contributed by atoms with E-state index in [9.17, 15) is 26.3 Å². The van der Waals surface area contributed by atoms with Crippen LogP contribution in [0.5, 0.6) is 0 Å². The number of hydrogen-bond acceptors (Lipinski definition) is 2. The number of nitrogens with zero attached hydrogens (tertiary/aromatic N) is 1. The van der Waals surface area contributed by atoms with Crippen molar-refractivity contribution in [3.05, 3.63) is 95.5 Å². The van der Waals surface area contributed by atoms with Crippen LogP contribution in [0.2, 0.25) is 0 Å². The highest BCUT2D eigenvalue weighted by atomic mass is 19.4. The number of hydrogen-bond donors (Lipinski definition) is 1. The van der Waals surface area contributed by atoms with Gasteiger partial charge in [-0.05, 0) is 54.6 Å². The van der Waals surface area contributed by atoms with Crippen molar-refractivity contribution in [2.75, 3.05) is 5.32 Å². The Kier molecular flexibility index (Phi) is 4.40. The fraction of sp³-hybridized carbons (Fsp3) is 0.130. The van der Waals surface area contributed by atoms with Gasteiger partial charge in [0.25, 0.3) is 0 Å². The maximum Gasteiger partial charge on any atom is 0.416 e. The fourth-order valence-corrected chi connectivity index (χ4v) is 3.86. The number of fused-ring (bicyclic) bond motifs is 3. The molecule has 2 aromatic carbocycles. The number of nitrogens with one attached hydrogen (secondary N) is 1. The largest absolute Gasteiger partial charge is 0.458 e. The molecule has 0 amide bonds. The molecule has 3 nitrogen and oxygen atoms in total. The first-order chi connectivity index (χ1) is 15.1. The standard InChI is InChI=1S/C23H14F6N2O/c24-22(25,26)14-10-13(11-15(12-14)23(27,28)29)19-7-8-20(32-19)21-18-6-3-9-31(18)17-5-2-1-4-16(17)30-21/h1-12,21,30H. The summed E-state index contributed by atoms with van der Waals surface area (Å²) in [5.41, 5.74) is -0.520. The third-order valence-electron chi connectivity index (χ3n) is 5.32. The van der Waals surface area contributed by atoms with Gasteiger partial charge in [-0.2, -0.15) is 26.3 Å². The van der Waals surface area contributed by atoms with Crippen molar-refractivity contribution in [3.8, 4) is 17.0 Å². The Morgan fingerprint density at radius 2 is 1.47 bits per heavy atom. The molecule has 0 saturated heterocycles. The summed E-state index contributed by atoms with van der Waals surface area (Å²) < 4.78 is 87.0. The molecule has 0 spiro atoms. The van der Waals surface area contributed by atoms with Gasteiger partial charge in [0, 0.05) is 11.8 Å². The minimum absolute atomic E-state index is 0.0876. The number of halogens is 6. The summed E-state index contributed by atoms with van der Waals surface area (Å²) >= 11 is 0. The van der Waals surface area contributed by atoms with E-state index < -0.39 is 29.5 Å². The van der Waals surface area contributed by atoms with Crippen LogP contribution >= 0.6 is 0 Å². The fourth-order valence-electron chi connectivity index (χ4n) is 3.86. The Hall–Kier alpha value is -3.62. The van der Waals surface area contributed by atoms with Crippen LogP contribution in [0.25, 0.3) is 17.0 Å². The number of benzene rings is 2. The number of para-hydroxylation sites is 2. The SMILES string of the molecule is FC(F)(F)c1cc(-c2ccc(C3Nc4ccccc4-n4cccc43)o2)cc(C(F)(F)F)c1.